The van der Waals surface area contributed by atoms with Gasteiger partial charge in [0.25, 0.3) is 0 Å². The highest BCUT2D eigenvalue weighted by Gasteiger charge is 2.40. The van der Waals surface area contributed by atoms with Crippen LogP contribution in [-0.2, 0) is 77.6 Å². The molecule has 9 aromatic rings. The molecule has 96 heavy (non-hydrogen) atoms. The Morgan fingerprint density at radius 3 is 1.27 bits per heavy atom. The van der Waals surface area contributed by atoms with Crippen LogP contribution in [0.25, 0.3) is 47.6 Å². The number of nitrogens with zero attached hydrogens (tertiary/aromatic N) is 8. The van der Waals surface area contributed by atoms with E-state index in [9.17, 15) is 95.6 Å². The average molecular weight is 1420 g/mol. The molecule has 31 heteroatoms. The first kappa shape index (κ1) is 77.2. The number of imidazole rings is 3. The molecular weight excluding hydrogens is 1370 g/mol. The number of aromatic amines is 1. The maximum atomic E-state index is 13.2. The molecule has 0 saturated heterocycles. The second-order valence-electron chi connectivity index (χ2n) is 21.6. The lowest BCUT2D eigenvalue weighted by Gasteiger charge is -2.23. The molecule has 3 aromatic heterocycles. The Kier molecular flexibility index (Phi) is 24.5. The zero-order chi connectivity index (χ0) is 72.3. The predicted molar refractivity (Wildman–Crippen MR) is 327 cm³/mol. The van der Waals surface area contributed by atoms with Crippen molar-refractivity contribution in [3.63, 3.8) is 0 Å². The van der Waals surface area contributed by atoms with E-state index in [2.05, 4.69) is 50.4 Å². The molecule has 0 saturated carbocycles. The summed E-state index contributed by atoms with van der Waals surface area (Å²) >= 11 is 2.96. The molecule has 9 rings (SSSR count). The molecule has 0 unspecified atom stereocenters. The van der Waals surface area contributed by atoms with Gasteiger partial charge >= 0.3 is 30.9 Å². The summed E-state index contributed by atoms with van der Waals surface area (Å²) in [7, 11) is 0. The van der Waals surface area contributed by atoms with E-state index in [4.69, 9.17) is 19.7 Å². The van der Waals surface area contributed by atoms with Gasteiger partial charge in [-0.15, -0.1) is 0 Å². The summed E-state index contributed by atoms with van der Waals surface area (Å²) in [6, 6.07) is 21.8. The van der Waals surface area contributed by atoms with Crippen LogP contribution in [0, 0.1) is 26.6 Å². The van der Waals surface area contributed by atoms with Crippen LogP contribution in [0.3, 0.4) is 0 Å². The van der Waals surface area contributed by atoms with Crippen molar-refractivity contribution in [3.05, 3.63) is 212 Å². The number of carbonyl (C=O) groups is 3. The van der Waals surface area contributed by atoms with Gasteiger partial charge in [-0.1, -0.05) is 109 Å². The molecule has 0 spiro atoms. The number of rotatable bonds is 14. The monoisotopic (exact) mass is 1420 g/mol. The molecule has 0 aliphatic rings. The molecule has 0 aliphatic heterocycles. The third kappa shape index (κ3) is 19.4. The summed E-state index contributed by atoms with van der Waals surface area (Å²) in [5.41, 5.74) is -9.66. The molecule has 0 aliphatic carbocycles. The number of halogens is 16. The van der Waals surface area contributed by atoms with Crippen LogP contribution in [0.5, 0.6) is 0 Å². The molecule has 15 nitrogen and oxygen atoms in total. The van der Waals surface area contributed by atoms with E-state index in [0.717, 1.165) is 78.4 Å². The standard InChI is InChI=1S/C21H15F6N3O2.C21H18F3N3O2.C13H11BrF3NO2.C8H5F3N2.C2H6/c1-19(32,10-30-11-29-18-13(20(22,23)24)4-3-5-16(18)30)17(31)9-12-6-7-15(28-2)14(8-12)21(25,26)27;1-13-5-4-6-17-19(13)27(12-26-17)11-20(2,29)18(28)10-14-7-8-16(25-3)15(9-14)21(22,23)24;1-12(20,7-14)11(19)6-8-3-4-10(18-2)9(5-8)13(15,16)17;9-8(10,11)5-2-1-3-6-7(5)13-4-12-6;1-2/h3-8,11,32H,9-10H2,1H3;4-9,12,29H,10-11H2,1-2H3;3-5,20H,6-7H2,1H3;1-4H,(H,12,13);1-2H3/t19-;20-;12-;;/m000../s1. The van der Waals surface area contributed by atoms with Crippen LogP contribution in [0.2, 0.25) is 0 Å². The van der Waals surface area contributed by atoms with Crippen LogP contribution < -0.4 is 0 Å². The van der Waals surface area contributed by atoms with Crippen molar-refractivity contribution in [3.8, 4) is 0 Å². The van der Waals surface area contributed by atoms with E-state index >= 15 is 0 Å². The SMILES string of the molecule is CC.FC(F)(F)c1cccc2[nH]cnc12.[C-]#[N+]c1ccc(CC(=O)[C@@](C)(O)CBr)cc1C(F)(F)F.[C-]#[N+]c1ccc(CC(=O)[C@@](C)(O)Cn2cnc3c(C(F)(F)F)cccc32)cc1C(F)(F)F.[C-]#[N+]c1ccc(CC(=O)[C@@](C)(O)Cn2cnc3cccc(C)c32)cc1C(F)(F)F. The summed E-state index contributed by atoms with van der Waals surface area (Å²) in [4.78, 5) is 59.8. The number of carbonyl (C=O) groups excluding carboxylic acids is 3. The topological polar surface area (TPSA) is 189 Å². The number of aromatic nitrogens is 6. The molecule has 0 radical (unpaired) electrons. The Balaban J connectivity index is 0.000000239. The minimum atomic E-state index is -4.80. The number of ketones is 3. The molecular formula is C65H55BrF15N9O6. The fraction of sp³-hybridized carbons (Fsp3) is 0.308. The van der Waals surface area contributed by atoms with Crippen molar-refractivity contribution < 1.29 is 95.6 Å². The normalized spacial score (nSPS) is 13.6. The van der Waals surface area contributed by atoms with Crippen LogP contribution in [0.1, 0.15) is 84.7 Å². The first-order valence-electron chi connectivity index (χ1n) is 27.9. The quantitative estimate of drug-likeness (QED) is 0.0466. The van der Waals surface area contributed by atoms with Crippen LogP contribution in [0.15, 0.2) is 128 Å². The highest BCUT2D eigenvalue weighted by atomic mass is 79.9. The lowest BCUT2D eigenvalue weighted by molar-refractivity contribution is -0.138. The van der Waals surface area contributed by atoms with Gasteiger partial charge in [-0.3, -0.25) is 14.4 Å². The molecule has 3 heterocycles. The Bertz CT molecular complexity index is 4410. The molecule has 6 aromatic carbocycles. The first-order valence-corrected chi connectivity index (χ1v) is 29.1. The van der Waals surface area contributed by atoms with Gasteiger partial charge in [0.15, 0.2) is 34.4 Å². The second-order valence-corrected chi connectivity index (χ2v) is 22.2. The summed E-state index contributed by atoms with van der Waals surface area (Å²) in [5, 5.41) is 31.1. The number of nitrogens with one attached hydrogen (secondary N) is 1. The van der Waals surface area contributed by atoms with Gasteiger partial charge in [-0.2, -0.15) is 65.9 Å². The fourth-order valence-corrected chi connectivity index (χ4v) is 9.48. The number of Topliss-reactive ketones (excluding diaryl/α,β-unsaturated/α-hetero) is 3. The summed E-state index contributed by atoms with van der Waals surface area (Å²) in [6.07, 6.45) is -20.6. The number of hydrogen-bond donors (Lipinski definition) is 4. The predicted octanol–water partition coefficient (Wildman–Crippen LogP) is 16.8. The molecule has 0 fully saturated rings. The number of alkyl halides is 16. The first-order chi connectivity index (χ1) is 44.5. The Morgan fingerprint density at radius 2 is 0.865 bits per heavy atom. The zero-order valence-electron chi connectivity index (χ0n) is 51.1. The lowest BCUT2D eigenvalue weighted by Crippen LogP contribution is -2.40. The Labute approximate surface area is 545 Å². The molecule has 0 amide bonds. The minimum Gasteiger partial charge on any atom is -0.381 e. The van der Waals surface area contributed by atoms with E-state index < -0.39 is 123 Å². The lowest BCUT2D eigenvalue weighted by atomic mass is 9.93. The van der Waals surface area contributed by atoms with Crippen molar-refractivity contribution >= 4 is 83.4 Å². The largest absolute Gasteiger partial charge is 0.418 e. The highest BCUT2D eigenvalue weighted by molar-refractivity contribution is 9.09. The maximum Gasteiger partial charge on any atom is 0.418 e. The van der Waals surface area contributed by atoms with E-state index in [-0.39, 0.29) is 58.0 Å². The number of benzene rings is 6. The molecule has 4 N–H and O–H groups in total. The molecule has 508 valence electrons. The van der Waals surface area contributed by atoms with E-state index in [1.807, 2.05) is 39.0 Å². The van der Waals surface area contributed by atoms with Crippen LogP contribution >= 0.6 is 15.9 Å². The Hall–Kier alpha value is -9.48. The van der Waals surface area contributed by atoms with Crippen molar-refractivity contribution in [1.29, 1.82) is 0 Å². The summed E-state index contributed by atoms with van der Waals surface area (Å²) < 4.78 is 196. The van der Waals surface area contributed by atoms with Crippen LogP contribution in [-0.4, -0.2) is 83.9 Å². The summed E-state index contributed by atoms with van der Waals surface area (Å²) in [6.45, 7) is 29.5. The van der Waals surface area contributed by atoms with Crippen LogP contribution in [0.4, 0.5) is 82.9 Å². The number of aryl methyl sites for hydroxylation is 1. The maximum absolute atomic E-state index is 13.2. The van der Waals surface area contributed by atoms with Gasteiger partial charge in [-0.25, -0.2) is 29.5 Å². The Morgan fingerprint density at radius 1 is 0.490 bits per heavy atom. The second kappa shape index (κ2) is 30.5. The van der Waals surface area contributed by atoms with Crippen molar-refractivity contribution in [2.45, 2.75) is 122 Å². The van der Waals surface area contributed by atoms with Gasteiger partial charge in [0, 0.05) is 24.6 Å². The van der Waals surface area contributed by atoms with Gasteiger partial charge in [-0.05, 0) is 80.3 Å². The third-order valence-electron chi connectivity index (χ3n) is 14.1. The van der Waals surface area contributed by atoms with E-state index in [1.165, 1.54) is 61.4 Å². The van der Waals surface area contributed by atoms with Gasteiger partial charge in [0.05, 0.1) is 102 Å². The number of hydrogen-bond acceptors (Lipinski definition) is 9. The van der Waals surface area contributed by atoms with E-state index in [0.29, 0.717) is 11.6 Å². The number of aliphatic hydroxyl groups is 3. The number of para-hydroxylation sites is 3. The van der Waals surface area contributed by atoms with Gasteiger partial charge in [0.1, 0.15) is 27.8 Å². The third-order valence-corrected chi connectivity index (χ3v) is 15.2. The minimum absolute atomic E-state index is 0.00883. The highest BCUT2D eigenvalue weighted by Crippen LogP contribution is 2.41. The number of fused-ring (bicyclic) bond motifs is 3. The van der Waals surface area contributed by atoms with Crippen molar-refractivity contribution in [2.75, 3.05) is 5.33 Å². The smallest absolute Gasteiger partial charge is 0.381 e. The molecule has 3 atom stereocenters. The summed E-state index contributed by atoms with van der Waals surface area (Å²) in [5.74, 6) is -2.08. The molecule has 0 bridgehead atoms. The van der Waals surface area contributed by atoms with Crippen molar-refractivity contribution in [1.82, 2.24) is 29.1 Å². The van der Waals surface area contributed by atoms with Gasteiger partial charge in [0.2, 0.25) is 0 Å². The zero-order valence-corrected chi connectivity index (χ0v) is 52.6. The van der Waals surface area contributed by atoms with Gasteiger partial charge < -0.3 is 29.4 Å². The number of H-pyrrole nitrogens is 1. The van der Waals surface area contributed by atoms with Crippen molar-refractivity contribution in [2.24, 2.45) is 0 Å². The van der Waals surface area contributed by atoms with E-state index in [1.54, 1.807) is 10.6 Å². The fourth-order valence-electron chi connectivity index (χ4n) is 9.16. The average Bonchev–Trinajstić information content (AvgIpc) is 1.59.